The molecule has 0 spiro atoms. The highest BCUT2D eigenvalue weighted by Crippen LogP contribution is 2.38. The minimum absolute atomic E-state index is 0.304. The fourth-order valence-electron chi connectivity index (χ4n) is 3.46. The van der Waals surface area contributed by atoms with E-state index in [4.69, 9.17) is 21.1 Å². The normalized spacial score (nSPS) is 17.8. The maximum absolute atomic E-state index is 9.43. The molecule has 1 fully saturated rings. The summed E-state index contributed by atoms with van der Waals surface area (Å²) in [5, 5.41) is 10.1. The number of anilines is 1. The standard InChI is InChI=1S/C20H23ClN2O3/c21-18-12-15(13-19-20(18)26-11-1-10-25-19)14-22-6-8-23(9-7-22)16-2-4-17(24)5-3-16/h2-5,12-13,24H,1,6-11,14H2. The van der Waals surface area contributed by atoms with Crippen LogP contribution in [0.4, 0.5) is 5.69 Å². The molecule has 2 aliphatic rings. The van der Waals surface area contributed by atoms with E-state index in [1.807, 2.05) is 18.2 Å². The second kappa shape index (κ2) is 7.64. The van der Waals surface area contributed by atoms with E-state index < -0.39 is 0 Å². The minimum atomic E-state index is 0.304. The van der Waals surface area contributed by atoms with Gasteiger partial charge in [0.25, 0.3) is 0 Å². The molecule has 0 radical (unpaired) electrons. The maximum atomic E-state index is 9.43. The third-order valence-corrected chi connectivity index (χ3v) is 5.14. The van der Waals surface area contributed by atoms with Gasteiger partial charge in [-0.1, -0.05) is 11.6 Å². The summed E-state index contributed by atoms with van der Waals surface area (Å²) in [7, 11) is 0. The molecule has 138 valence electrons. The van der Waals surface area contributed by atoms with Gasteiger partial charge >= 0.3 is 0 Å². The molecule has 0 aromatic heterocycles. The molecule has 5 nitrogen and oxygen atoms in total. The summed E-state index contributed by atoms with van der Waals surface area (Å²) in [6, 6.07) is 11.5. The van der Waals surface area contributed by atoms with Crippen molar-refractivity contribution in [3.63, 3.8) is 0 Å². The van der Waals surface area contributed by atoms with Gasteiger partial charge in [-0.05, 0) is 42.0 Å². The summed E-state index contributed by atoms with van der Waals surface area (Å²) >= 11 is 6.40. The van der Waals surface area contributed by atoms with Crippen LogP contribution in [-0.2, 0) is 6.54 Å². The Morgan fingerprint density at radius 3 is 2.46 bits per heavy atom. The van der Waals surface area contributed by atoms with E-state index >= 15 is 0 Å². The lowest BCUT2D eigenvalue weighted by Crippen LogP contribution is -2.45. The molecule has 0 unspecified atom stereocenters. The summed E-state index contributed by atoms with van der Waals surface area (Å²) < 4.78 is 11.5. The number of rotatable bonds is 3. The van der Waals surface area contributed by atoms with Crippen LogP contribution in [-0.4, -0.2) is 49.4 Å². The summed E-state index contributed by atoms with van der Waals surface area (Å²) in [5.41, 5.74) is 2.30. The Hall–Kier alpha value is -2.11. The third-order valence-electron chi connectivity index (χ3n) is 4.86. The molecule has 2 heterocycles. The number of hydrogen-bond acceptors (Lipinski definition) is 5. The lowest BCUT2D eigenvalue weighted by molar-refractivity contribution is 0.249. The smallest absolute Gasteiger partial charge is 0.179 e. The molecule has 0 atom stereocenters. The Labute approximate surface area is 158 Å². The van der Waals surface area contributed by atoms with Gasteiger partial charge in [0, 0.05) is 44.8 Å². The van der Waals surface area contributed by atoms with E-state index in [-0.39, 0.29) is 0 Å². The molecule has 26 heavy (non-hydrogen) atoms. The Morgan fingerprint density at radius 2 is 1.69 bits per heavy atom. The van der Waals surface area contributed by atoms with Gasteiger partial charge in [-0.25, -0.2) is 0 Å². The number of piperazine rings is 1. The minimum Gasteiger partial charge on any atom is -0.508 e. The Balaban J connectivity index is 1.39. The van der Waals surface area contributed by atoms with Crippen LogP contribution in [0.15, 0.2) is 36.4 Å². The maximum Gasteiger partial charge on any atom is 0.179 e. The lowest BCUT2D eigenvalue weighted by atomic mass is 10.1. The number of fused-ring (bicyclic) bond motifs is 1. The first-order valence-corrected chi connectivity index (χ1v) is 9.41. The summed E-state index contributed by atoms with van der Waals surface area (Å²) in [5.74, 6) is 1.73. The first-order chi connectivity index (χ1) is 12.7. The van der Waals surface area contributed by atoms with Crippen LogP contribution >= 0.6 is 11.6 Å². The van der Waals surface area contributed by atoms with Gasteiger partial charge < -0.3 is 19.5 Å². The molecule has 0 saturated carbocycles. The molecular formula is C20H23ClN2O3. The molecular weight excluding hydrogens is 352 g/mol. The average Bonchev–Trinajstić information content (AvgIpc) is 2.89. The molecule has 1 saturated heterocycles. The van der Waals surface area contributed by atoms with Crippen molar-refractivity contribution in [1.82, 2.24) is 4.90 Å². The molecule has 0 aliphatic carbocycles. The second-order valence-corrected chi connectivity index (χ2v) is 7.14. The van der Waals surface area contributed by atoms with E-state index in [1.54, 1.807) is 12.1 Å². The van der Waals surface area contributed by atoms with Crippen molar-refractivity contribution in [3.8, 4) is 17.2 Å². The molecule has 4 rings (SSSR count). The number of phenols is 1. The summed E-state index contributed by atoms with van der Waals surface area (Å²) in [6.07, 6.45) is 0.875. The third kappa shape index (κ3) is 3.84. The molecule has 2 aromatic carbocycles. The topological polar surface area (TPSA) is 45.2 Å². The molecule has 0 amide bonds. The SMILES string of the molecule is Oc1ccc(N2CCN(Cc3cc(Cl)c4c(c3)OCCCO4)CC2)cc1. The van der Waals surface area contributed by atoms with Gasteiger partial charge in [-0.3, -0.25) is 4.90 Å². The van der Waals surface area contributed by atoms with Crippen LogP contribution < -0.4 is 14.4 Å². The van der Waals surface area contributed by atoms with Crippen molar-refractivity contribution < 1.29 is 14.6 Å². The zero-order valence-electron chi connectivity index (χ0n) is 14.7. The van der Waals surface area contributed by atoms with Crippen LogP contribution in [0.3, 0.4) is 0 Å². The van der Waals surface area contributed by atoms with Gasteiger partial charge in [0.1, 0.15) is 5.75 Å². The zero-order valence-corrected chi connectivity index (χ0v) is 15.4. The first kappa shape index (κ1) is 17.3. The number of benzene rings is 2. The average molecular weight is 375 g/mol. The highest BCUT2D eigenvalue weighted by molar-refractivity contribution is 6.32. The molecule has 2 aliphatic heterocycles. The predicted molar refractivity (Wildman–Crippen MR) is 103 cm³/mol. The van der Waals surface area contributed by atoms with E-state index in [1.165, 1.54) is 0 Å². The quantitative estimate of drug-likeness (QED) is 0.890. The van der Waals surface area contributed by atoms with Gasteiger partial charge in [0.15, 0.2) is 11.5 Å². The first-order valence-electron chi connectivity index (χ1n) is 9.03. The summed E-state index contributed by atoms with van der Waals surface area (Å²) in [6.45, 7) is 6.04. The van der Waals surface area contributed by atoms with Crippen molar-refractivity contribution in [3.05, 3.63) is 47.0 Å². The van der Waals surface area contributed by atoms with Crippen molar-refractivity contribution in [2.75, 3.05) is 44.3 Å². The van der Waals surface area contributed by atoms with Crippen molar-refractivity contribution in [2.24, 2.45) is 0 Å². The van der Waals surface area contributed by atoms with E-state index in [0.717, 1.165) is 56.1 Å². The van der Waals surface area contributed by atoms with Crippen LogP contribution in [0, 0.1) is 0 Å². The van der Waals surface area contributed by atoms with Crippen LogP contribution in [0.5, 0.6) is 17.2 Å². The molecule has 1 N–H and O–H groups in total. The Morgan fingerprint density at radius 1 is 0.962 bits per heavy atom. The number of ether oxygens (including phenoxy) is 2. The van der Waals surface area contributed by atoms with Gasteiger partial charge in [0.2, 0.25) is 0 Å². The largest absolute Gasteiger partial charge is 0.508 e. The monoisotopic (exact) mass is 374 g/mol. The number of phenolic OH excluding ortho intramolecular Hbond substituents is 1. The van der Waals surface area contributed by atoms with Gasteiger partial charge in [0.05, 0.1) is 18.2 Å². The van der Waals surface area contributed by atoms with Crippen LogP contribution in [0.25, 0.3) is 0 Å². The fourth-order valence-corrected chi connectivity index (χ4v) is 3.75. The summed E-state index contributed by atoms with van der Waals surface area (Å²) in [4.78, 5) is 4.77. The molecule has 6 heteroatoms. The number of halogens is 1. The van der Waals surface area contributed by atoms with Crippen molar-refractivity contribution in [1.29, 1.82) is 0 Å². The highest BCUT2D eigenvalue weighted by atomic mass is 35.5. The van der Waals surface area contributed by atoms with Gasteiger partial charge in [-0.2, -0.15) is 0 Å². The number of nitrogens with zero attached hydrogens (tertiary/aromatic N) is 2. The Kier molecular flexibility index (Phi) is 5.09. The highest BCUT2D eigenvalue weighted by Gasteiger charge is 2.20. The molecule has 0 bridgehead atoms. The Bertz CT molecular complexity index is 758. The van der Waals surface area contributed by atoms with Crippen molar-refractivity contribution >= 4 is 17.3 Å². The van der Waals surface area contributed by atoms with E-state index in [2.05, 4.69) is 15.9 Å². The predicted octanol–water partition coefficient (Wildman–Crippen LogP) is 3.53. The van der Waals surface area contributed by atoms with E-state index in [0.29, 0.717) is 29.7 Å². The van der Waals surface area contributed by atoms with Crippen LogP contribution in [0.2, 0.25) is 5.02 Å². The zero-order chi connectivity index (χ0) is 17.9. The van der Waals surface area contributed by atoms with Gasteiger partial charge in [-0.15, -0.1) is 0 Å². The molecule has 2 aromatic rings. The van der Waals surface area contributed by atoms with E-state index in [9.17, 15) is 5.11 Å². The lowest BCUT2D eigenvalue weighted by Gasteiger charge is -2.36. The van der Waals surface area contributed by atoms with Crippen LogP contribution in [0.1, 0.15) is 12.0 Å². The fraction of sp³-hybridized carbons (Fsp3) is 0.400. The number of aromatic hydroxyl groups is 1. The van der Waals surface area contributed by atoms with Crippen molar-refractivity contribution in [2.45, 2.75) is 13.0 Å². The number of hydrogen-bond donors (Lipinski definition) is 1. The second-order valence-electron chi connectivity index (χ2n) is 6.73.